The predicted molar refractivity (Wildman–Crippen MR) is 79.4 cm³/mol. The first kappa shape index (κ1) is 14.3. The summed E-state index contributed by atoms with van der Waals surface area (Å²) in [6.07, 6.45) is 0.885. The molecule has 0 aromatic carbocycles. The summed E-state index contributed by atoms with van der Waals surface area (Å²) in [5.41, 5.74) is 0.803. The van der Waals surface area contributed by atoms with Crippen molar-refractivity contribution in [2.75, 3.05) is 6.61 Å². The zero-order valence-electron chi connectivity index (χ0n) is 11.3. The van der Waals surface area contributed by atoms with E-state index in [0.717, 1.165) is 17.8 Å². The van der Waals surface area contributed by atoms with Gasteiger partial charge in [-0.1, -0.05) is 31.5 Å². The lowest BCUT2D eigenvalue weighted by Crippen LogP contribution is -2.07. The van der Waals surface area contributed by atoms with Crippen LogP contribution in [0.3, 0.4) is 0 Å². The van der Waals surface area contributed by atoms with E-state index in [0.29, 0.717) is 17.6 Å². The number of thiophene rings is 1. The Hall–Kier alpha value is -1.13. The monoisotopic (exact) mass is 296 g/mol. The van der Waals surface area contributed by atoms with Gasteiger partial charge in [0.05, 0.1) is 6.61 Å². The van der Waals surface area contributed by atoms with Crippen LogP contribution >= 0.6 is 22.9 Å². The Kier molecular flexibility index (Phi) is 4.77. The number of hydrogen-bond donors (Lipinski definition) is 0. The molecule has 2 aromatic heterocycles. The lowest BCUT2D eigenvalue weighted by molar-refractivity contribution is 0.306. The third-order valence-electron chi connectivity index (χ3n) is 2.74. The van der Waals surface area contributed by atoms with Crippen LogP contribution < -0.4 is 4.74 Å². The molecule has 0 spiro atoms. The highest BCUT2D eigenvalue weighted by Crippen LogP contribution is 2.24. The molecule has 2 aromatic rings. The second-order valence-corrected chi connectivity index (χ2v) is 6.03. The van der Waals surface area contributed by atoms with Crippen molar-refractivity contribution in [3.63, 3.8) is 0 Å². The van der Waals surface area contributed by atoms with Gasteiger partial charge in [-0.3, -0.25) is 0 Å². The Bertz CT molecular complexity index is 541. The highest BCUT2D eigenvalue weighted by molar-refractivity contribution is 7.09. The van der Waals surface area contributed by atoms with Crippen molar-refractivity contribution >= 4 is 22.9 Å². The minimum absolute atomic E-state index is 0.234. The molecule has 2 heterocycles. The molecule has 0 fully saturated rings. The number of hydrogen-bond acceptors (Lipinski definition) is 4. The minimum Gasteiger partial charge on any atom is -0.477 e. The van der Waals surface area contributed by atoms with Crippen LogP contribution in [0.5, 0.6) is 5.88 Å². The Balaban J connectivity index is 2.06. The van der Waals surface area contributed by atoms with Gasteiger partial charge in [-0.2, -0.15) is 4.98 Å². The highest BCUT2D eigenvalue weighted by Gasteiger charge is 2.12. The molecular weight excluding hydrogens is 280 g/mol. The summed E-state index contributed by atoms with van der Waals surface area (Å²) in [5, 5.41) is 2.55. The van der Waals surface area contributed by atoms with E-state index in [2.05, 4.69) is 21.4 Å². The van der Waals surface area contributed by atoms with E-state index in [1.807, 2.05) is 26.8 Å². The fourth-order valence-corrected chi connectivity index (χ4v) is 2.45. The summed E-state index contributed by atoms with van der Waals surface area (Å²) in [7, 11) is 0. The van der Waals surface area contributed by atoms with Crippen molar-refractivity contribution in [1.82, 2.24) is 9.97 Å². The molecule has 0 aliphatic rings. The van der Waals surface area contributed by atoms with E-state index < -0.39 is 0 Å². The van der Waals surface area contributed by atoms with Gasteiger partial charge in [0.25, 0.3) is 0 Å². The second kappa shape index (κ2) is 6.35. The molecule has 0 radical (unpaired) electrons. The molecule has 3 nitrogen and oxygen atoms in total. The molecule has 0 unspecified atom stereocenters. The van der Waals surface area contributed by atoms with Gasteiger partial charge in [0.2, 0.25) is 5.88 Å². The largest absolute Gasteiger partial charge is 0.477 e. The molecule has 2 rings (SSSR count). The van der Waals surface area contributed by atoms with E-state index in [1.54, 1.807) is 11.3 Å². The molecule has 0 atom stereocenters. The average molecular weight is 297 g/mol. The van der Waals surface area contributed by atoms with Crippen LogP contribution in [0.4, 0.5) is 0 Å². The second-order valence-electron chi connectivity index (χ2n) is 4.64. The van der Waals surface area contributed by atoms with Crippen LogP contribution in [-0.2, 0) is 6.42 Å². The van der Waals surface area contributed by atoms with Gasteiger partial charge in [0.15, 0.2) is 0 Å². The standard InChI is InChI=1S/C14H17ClN2OS/c1-9(2)13-16-12(15)10(3)14(17-13)18-7-6-11-5-4-8-19-11/h4-5,8-9H,6-7H2,1-3H3. The Morgan fingerprint density at radius 1 is 1.37 bits per heavy atom. The van der Waals surface area contributed by atoms with Crippen LogP contribution in [0.2, 0.25) is 5.15 Å². The van der Waals surface area contributed by atoms with E-state index in [4.69, 9.17) is 16.3 Å². The molecule has 102 valence electrons. The SMILES string of the molecule is Cc1c(Cl)nc(C(C)C)nc1OCCc1cccs1. The number of nitrogens with zero attached hydrogens (tertiary/aromatic N) is 2. The van der Waals surface area contributed by atoms with Gasteiger partial charge in [0, 0.05) is 22.8 Å². The van der Waals surface area contributed by atoms with Crippen LogP contribution in [-0.4, -0.2) is 16.6 Å². The molecule has 0 aliphatic carbocycles. The third-order valence-corrected chi connectivity index (χ3v) is 4.05. The summed E-state index contributed by atoms with van der Waals surface area (Å²) in [5.74, 6) is 1.56. The molecule has 0 aliphatic heterocycles. The molecule has 0 saturated carbocycles. The van der Waals surface area contributed by atoms with Crippen molar-refractivity contribution in [2.45, 2.75) is 33.1 Å². The number of halogens is 1. The van der Waals surface area contributed by atoms with Gasteiger partial charge in [0.1, 0.15) is 11.0 Å². The van der Waals surface area contributed by atoms with Crippen molar-refractivity contribution in [3.8, 4) is 5.88 Å². The summed E-state index contributed by atoms with van der Waals surface area (Å²) >= 11 is 7.85. The molecular formula is C14H17ClN2OS. The van der Waals surface area contributed by atoms with Crippen molar-refractivity contribution in [3.05, 3.63) is 38.9 Å². The van der Waals surface area contributed by atoms with Gasteiger partial charge in [-0.05, 0) is 18.4 Å². The lowest BCUT2D eigenvalue weighted by Gasteiger charge is -2.11. The first-order valence-corrected chi connectivity index (χ1v) is 7.53. The maximum absolute atomic E-state index is 6.11. The van der Waals surface area contributed by atoms with Gasteiger partial charge in [-0.25, -0.2) is 4.98 Å². The van der Waals surface area contributed by atoms with Crippen LogP contribution in [0, 0.1) is 6.92 Å². The summed E-state index contributed by atoms with van der Waals surface area (Å²) in [6, 6.07) is 4.15. The van der Waals surface area contributed by atoms with Gasteiger partial charge < -0.3 is 4.74 Å². The third kappa shape index (κ3) is 3.67. The summed E-state index contributed by atoms with van der Waals surface area (Å²) < 4.78 is 5.75. The average Bonchev–Trinajstić information content (AvgIpc) is 2.87. The number of rotatable bonds is 5. The predicted octanol–water partition coefficient (Wildman–Crippen LogP) is 4.24. The minimum atomic E-state index is 0.234. The van der Waals surface area contributed by atoms with E-state index in [9.17, 15) is 0 Å². The Morgan fingerprint density at radius 2 is 2.16 bits per heavy atom. The molecule has 0 bridgehead atoms. The van der Waals surface area contributed by atoms with Crippen molar-refractivity contribution in [1.29, 1.82) is 0 Å². The highest BCUT2D eigenvalue weighted by atomic mass is 35.5. The zero-order valence-corrected chi connectivity index (χ0v) is 12.9. The van der Waals surface area contributed by atoms with E-state index >= 15 is 0 Å². The van der Waals surface area contributed by atoms with E-state index in [1.165, 1.54) is 4.88 Å². The Morgan fingerprint density at radius 3 is 2.79 bits per heavy atom. The first-order valence-electron chi connectivity index (χ1n) is 6.27. The normalized spacial score (nSPS) is 11.0. The maximum atomic E-state index is 6.11. The Labute approximate surface area is 122 Å². The number of ether oxygens (including phenoxy) is 1. The molecule has 0 amide bonds. The molecule has 19 heavy (non-hydrogen) atoms. The smallest absolute Gasteiger partial charge is 0.221 e. The van der Waals surface area contributed by atoms with Crippen LogP contribution in [0.25, 0.3) is 0 Å². The van der Waals surface area contributed by atoms with Crippen molar-refractivity contribution in [2.24, 2.45) is 0 Å². The quantitative estimate of drug-likeness (QED) is 0.774. The fourth-order valence-electron chi connectivity index (χ4n) is 1.59. The summed E-state index contributed by atoms with van der Waals surface area (Å²) in [4.78, 5) is 10.0. The first-order chi connectivity index (χ1) is 9.08. The topological polar surface area (TPSA) is 35.0 Å². The van der Waals surface area contributed by atoms with Crippen LogP contribution in [0.1, 0.15) is 36.0 Å². The number of aromatic nitrogens is 2. The van der Waals surface area contributed by atoms with Gasteiger partial charge >= 0.3 is 0 Å². The molecule has 0 saturated heterocycles. The fraction of sp³-hybridized carbons (Fsp3) is 0.429. The zero-order chi connectivity index (χ0) is 13.8. The maximum Gasteiger partial charge on any atom is 0.221 e. The molecule has 0 N–H and O–H groups in total. The van der Waals surface area contributed by atoms with Gasteiger partial charge in [-0.15, -0.1) is 11.3 Å². The summed E-state index contributed by atoms with van der Waals surface area (Å²) in [6.45, 7) is 6.56. The lowest BCUT2D eigenvalue weighted by atomic mass is 10.2. The molecule has 5 heteroatoms. The van der Waals surface area contributed by atoms with E-state index in [-0.39, 0.29) is 5.92 Å². The van der Waals surface area contributed by atoms with Crippen molar-refractivity contribution < 1.29 is 4.74 Å². The van der Waals surface area contributed by atoms with Crippen LogP contribution in [0.15, 0.2) is 17.5 Å².